The molecule has 0 aliphatic rings. The van der Waals surface area contributed by atoms with E-state index in [1.54, 1.807) is 0 Å². The molecule has 0 aliphatic heterocycles. The number of unbranched alkanes of at least 4 members (excludes halogenated alkanes) is 2. The second kappa shape index (κ2) is 11.7. The fourth-order valence-corrected chi connectivity index (χ4v) is 2.82. The SMILES string of the molecule is CCCCC(CCCC)COCc1ccc(C(C)CC)cc1. The summed E-state index contributed by atoms with van der Waals surface area (Å²) in [5.41, 5.74) is 2.74. The van der Waals surface area contributed by atoms with E-state index in [4.69, 9.17) is 4.74 Å². The molecule has 0 fully saturated rings. The van der Waals surface area contributed by atoms with Crippen LogP contribution in [0.4, 0.5) is 0 Å². The molecule has 0 spiro atoms. The lowest BCUT2D eigenvalue weighted by atomic mass is 9.97. The second-order valence-corrected chi connectivity index (χ2v) is 6.72. The van der Waals surface area contributed by atoms with E-state index in [0.717, 1.165) is 19.1 Å². The molecule has 0 aliphatic carbocycles. The molecule has 22 heavy (non-hydrogen) atoms. The Morgan fingerprint density at radius 2 is 1.50 bits per heavy atom. The molecule has 1 unspecified atom stereocenters. The molecular weight excluding hydrogens is 268 g/mol. The topological polar surface area (TPSA) is 9.23 Å². The van der Waals surface area contributed by atoms with Gasteiger partial charge < -0.3 is 4.74 Å². The zero-order chi connectivity index (χ0) is 16.2. The van der Waals surface area contributed by atoms with Crippen molar-refractivity contribution in [1.82, 2.24) is 0 Å². The van der Waals surface area contributed by atoms with E-state index in [-0.39, 0.29) is 0 Å². The summed E-state index contributed by atoms with van der Waals surface area (Å²) in [7, 11) is 0. The van der Waals surface area contributed by atoms with E-state index >= 15 is 0 Å². The Morgan fingerprint density at radius 3 is 2.00 bits per heavy atom. The van der Waals surface area contributed by atoms with E-state index in [0.29, 0.717) is 5.92 Å². The van der Waals surface area contributed by atoms with E-state index in [2.05, 4.69) is 52.0 Å². The summed E-state index contributed by atoms with van der Waals surface area (Å²) in [6.45, 7) is 10.8. The smallest absolute Gasteiger partial charge is 0.0717 e. The molecule has 1 rings (SSSR count). The van der Waals surface area contributed by atoms with Gasteiger partial charge in [-0.1, -0.05) is 77.6 Å². The summed E-state index contributed by atoms with van der Waals surface area (Å²) < 4.78 is 6.00. The first kappa shape index (κ1) is 19.2. The highest BCUT2D eigenvalue weighted by Crippen LogP contribution is 2.20. The molecule has 1 nitrogen and oxygen atoms in total. The predicted octanol–water partition coefficient (Wildman–Crippen LogP) is 6.71. The minimum atomic E-state index is 0.655. The van der Waals surface area contributed by atoms with E-state index in [9.17, 15) is 0 Å². The lowest BCUT2D eigenvalue weighted by molar-refractivity contribution is 0.0795. The number of benzene rings is 1. The van der Waals surface area contributed by atoms with Crippen LogP contribution in [-0.2, 0) is 11.3 Å². The highest BCUT2D eigenvalue weighted by molar-refractivity contribution is 5.24. The molecule has 0 radical (unpaired) electrons. The minimum absolute atomic E-state index is 0.655. The predicted molar refractivity (Wildman–Crippen MR) is 97.3 cm³/mol. The lowest BCUT2D eigenvalue weighted by Gasteiger charge is -2.17. The van der Waals surface area contributed by atoms with Crippen LogP contribution < -0.4 is 0 Å². The number of ether oxygens (including phenoxy) is 1. The fourth-order valence-electron chi connectivity index (χ4n) is 2.82. The van der Waals surface area contributed by atoms with Crippen molar-refractivity contribution >= 4 is 0 Å². The van der Waals surface area contributed by atoms with Crippen LogP contribution >= 0.6 is 0 Å². The minimum Gasteiger partial charge on any atom is -0.376 e. The van der Waals surface area contributed by atoms with Crippen molar-refractivity contribution in [1.29, 1.82) is 0 Å². The molecule has 126 valence electrons. The molecule has 1 aromatic carbocycles. The third-order valence-electron chi connectivity index (χ3n) is 4.72. The number of hydrogen-bond acceptors (Lipinski definition) is 1. The number of hydrogen-bond donors (Lipinski definition) is 0. The second-order valence-electron chi connectivity index (χ2n) is 6.72. The molecular formula is C21H36O. The van der Waals surface area contributed by atoms with Gasteiger partial charge in [0, 0.05) is 6.61 Å². The normalized spacial score (nSPS) is 12.8. The van der Waals surface area contributed by atoms with Gasteiger partial charge in [-0.25, -0.2) is 0 Å². The first-order chi connectivity index (χ1) is 10.7. The van der Waals surface area contributed by atoms with Gasteiger partial charge in [0.1, 0.15) is 0 Å². The molecule has 0 saturated heterocycles. The van der Waals surface area contributed by atoms with Crippen molar-refractivity contribution < 1.29 is 4.74 Å². The zero-order valence-corrected chi connectivity index (χ0v) is 15.2. The molecule has 1 aromatic rings. The molecule has 0 heterocycles. The van der Waals surface area contributed by atoms with Gasteiger partial charge in [-0.2, -0.15) is 0 Å². The maximum Gasteiger partial charge on any atom is 0.0717 e. The first-order valence-corrected chi connectivity index (χ1v) is 9.37. The average Bonchev–Trinajstić information content (AvgIpc) is 2.56. The summed E-state index contributed by atoms with van der Waals surface area (Å²) in [6, 6.07) is 8.99. The molecule has 0 bridgehead atoms. The number of rotatable bonds is 12. The first-order valence-electron chi connectivity index (χ1n) is 9.37. The lowest BCUT2D eigenvalue weighted by Crippen LogP contribution is -2.10. The van der Waals surface area contributed by atoms with Crippen LogP contribution in [0, 0.1) is 5.92 Å². The summed E-state index contributed by atoms with van der Waals surface area (Å²) in [4.78, 5) is 0. The Labute approximate surface area is 138 Å². The van der Waals surface area contributed by atoms with Gasteiger partial charge in [-0.15, -0.1) is 0 Å². The van der Waals surface area contributed by atoms with Crippen molar-refractivity contribution in [3.63, 3.8) is 0 Å². The highest BCUT2D eigenvalue weighted by atomic mass is 16.5. The van der Waals surface area contributed by atoms with E-state index < -0.39 is 0 Å². The van der Waals surface area contributed by atoms with Gasteiger partial charge in [0.2, 0.25) is 0 Å². The van der Waals surface area contributed by atoms with Crippen LogP contribution in [0.1, 0.15) is 89.7 Å². The van der Waals surface area contributed by atoms with E-state index in [1.807, 2.05) is 0 Å². The van der Waals surface area contributed by atoms with Gasteiger partial charge in [-0.3, -0.25) is 0 Å². The molecule has 0 aromatic heterocycles. The van der Waals surface area contributed by atoms with Crippen molar-refractivity contribution in [2.24, 2.45) is 5.92 Å². The van der Waals surface area contributed by atoms with E-state index in [1.165, 1.54) is 56.1 Å². The Kier molecular flexibility index (Phi) is 10.2. The van der Waals surface area contributed by atoms with Crippen molar-refractivity contribution in [2.45, 2.75) is 85.2 Å². The van der Waals surface area contributed by atoms with Crippen LogP contribution in [0.2, 0.25) is 0 Å². The standard InChI is InChI=1S/C21H36O/c1-5-8-10-19(11-9-6-2)16-22-17-20-12-14-21(15-13-20)18(4)7-3/h12-15,18-19H,5-11,16-17H2,1-4H3. The van der Waals surface area contributed by atoms with Crippen LogP contribution in [0.25, 0.3) is 0 Å². The third kappa shape index (κ3) is 7.45. The van der Waals surface area contributed by atoms with Gasteiger partial charge in [-0.05, 0) is 42.2 Å². The van der Waals surface area contributed by atoms with Gasteiger partial charge in [0.25, 0.3) is 0 Å². The summed E-state index contributed by atoms with van der Waals surface area (Å²) >= 11 is 0. The van der Waals surface area contributed by atoms with Crippen LogP contribution in [0.3, 0.4) is 0 Å². The fraction of sp³-hybridized carbons (Fsp3) is 0.714. The molecule has 0 N–H and O–H groups in total. The Bertz CT molecular complexity index is 360. The maximum absolute atomic E-state index is 6.00. The zero-order valence-electron chi connectivity index (χ0n) is 15.2. The van der Waals surface area contributed by atoms with Crippen LogP contribution in [0.5, 0.6) is 0 Å². The van der Waals surface area contributed by atoms with Crippen molar-refractivity contribution in [3.05, 3.63) is 35.4 Å². The van der Waals surface area contributed by atoms with Crippen molar-refractivity contribution in [2.75, 3.05) is 6.61 Å². The van der Waals surface area contributed by atoms with Crippen LogP contribution in [-0.4, -0.2) is 6.61 Å². The van der Waals surface area contributed by atoms with Crippen molar-refractivity contribution in [3.8, 4) is 0 Å². The van der Waals surface area contributed by atoms with Gasteiger partial charge in [0.05, 0.1) is 6.61 Å². The summed E-state index contributed by atoms with van der Waals surface area (Å²) in [5, 5.41) is 0. The molecule has 0 amide bonds. The quantitative estimate of drug-likeness (QED) is 0.417. The largest absolute Gasteiger partial charge is 0.376 e. The Hall–Kier alpha value is -0.820. The average molecular weight is 305 g/mol. The summed E-state index contributed by atoms with van der Waals surface area (Å²) in [6.07, 6.45) is 9.10. The van der Waals surface area contributed by atoms with Gasteiger partial charge >= 0.3 is 0 Å². The van der Waals surface area contributed by atoms with Crippen LogP contribution in [0.15, 0.2) is 24.3 Å². The monoisotopic (exact) mass is 304 g/mol. The molecule has 1 atom stereocenters. The molecule has 0 saturated carbocycles. The summed E-state index contributed by atoms with van der Waals surface area (Å²) in [5.74, 6) is 1.40. The molecule has 1 heteroatoms. The third-order valence-corrected chi connectivity index (χ3v) is 4.72. The Morgan fingerprint density at radius 1 is 0.909 bits per heavy atom. The van der Waals surface area contributed by atoms with Gasteiger partial charge in [0.15, 0.2) is 0 Å². The highest BCUT2D eigenvalue weighted by Gasteiger charge is 2.08. The Balaban J connectivity index is 2.36. The maximum atomic E-state index is 6.00.